The number of aryl methyl sites for hydroxylation is 1. The second-order valence-electron chi connectivity index (χ2n) is 7.71. The highest BCUT2D eigenvalue weighted by atomic mass is 32.2. The maximum Gasteiger partial charge on any atom is 0.264 e. The van der Waals surface area contributed by atoms with Gasteiger partial charge in [0.15, 0.2) is 5.13 Å². The molecule has 0 bridgehead atoms. The Bertz CT molecular complexity index is 1430. The number of ether oxygens (including phenoxy) is 1. The summed E-state index contributed by atoms with van der Waals surface area (Å²) >= 11 is 1.32. The van der Waals surface area contributed by atoms with Gasteiger partial charge in [0.25, 0.3) is 15.9 Å². The lowest BCUT2D eigenvalue weighted by Crippen LogP contribution is -2.30. The van der Waals surface area contributed by atoms with E-state index in [4.69, 9.17) is 4.74 Å². The van der Waals surface area contributed by atoms with Gasteiger partial charge in [0, 0.05) is 23.1 Å². The summed E-state index contributed by atoms with van der Waals surface area (Å²) in [5, 5.41) is 5.11. The zero-order valence-electron chi connectivity index (χ0n) is 19.6. The number of nitrogens with one attached hydrogen (secondary N) is 1. The van der Waals surface area contributed by atoms with Gasteiger partial charge in [-0.1, -0.05) is 18.2 Å². The van der Waals surface area contributed by atoms with Gasteiger partial charge in [-0.2, -0.15) is 0 Å². The van der Waals surface area contributed by atoms with Gasteiger partial charge in [-0.3, -0.25) is 14.4 Å². The number of amides is 1. The monoisotopic (exact) mass is 507 g/mol. The number of thiazole rings is 1. The van der Waals surface area contributed by atoms with Gasteiger partial charge < -0.3 is 4.74 Å². The lowest BCUT2D eigenvalue weighted by atomic mass is 10.1. The molecule has 0 aliphatic heterocycles. The van der Waals surface area contributed by atoms with Crippen LogP contribution in [0.2, 0.25) is 0 Å². The summed E-state index contributed by atoms with van der Waals surface area (Å²) in [6, 6.07) is 20.6. The fourth-order valence-electron chi connectivity index (χ4n) is 3.66. The molecule has 0 fully saturated rings. The Kier molecular flexibility index (Phi) is 7.18. The largest absolute Gasteiger partial charge is 0.496 e. The first-order valence-electron chi connectivity index (χ1n) is 10.9. The summed E-state index contributed by atoms with van der Waals surface area (Å²) in [6.07, 6.45) is 0. The van der Waals surface area contributed by atoms with E-state index >= 15 is 0 Å². The maximum absolute atomic E-state index is 13.1. The molecule has 0 spiro atoms. The zero-order chi connectivity index (χ0) is 25.0. The van der Waals surface area contributed by atoms with Gasteiger partial charge in [-0.05, 0) is 74.0 Å². The molecule has 0 unspecified atom stereocenters. The number of aromatic nitrogens is 1. The summed E-state index contributed by atoms with van der Waals surface area (Å²) in [5.74, 6) is 0.435. The van der Waals surface area contributed by atoms with Crippen LogP contribution in [0.25, 0.3) is 11.3 Å². The van der Waals surface area contributed by atoms with E-state index < -0.39 is 10.0 Å². The third kappa shape index (κ3) is 5.21. The summed E-state index contributed by atoms with van der Waals surface area (Å²) in [5.41, 5.74) is 3.59. The average molecular weight is 508 g/mol. The van der Waals surface area contributed by atoms with Crippen molar-refractivity contribution >= 4 is 38.1 Å². The van der Waals surface area contributed by atoms with Crippen LogP contribution in [-0.4, -0.2) is 33.0 Å². The molecule has 180 valence electrons. The van der Waals surface area contributed by atoms with Crippen LogP contribution >= 0.6 is 11.3 Å². The van der Waals surface area contributed by atoms with Crippen molar-refractivity contribution in [2.75, 3.05) is 23.3 Å². The van der Waals surface area contributed by atoms with Crippen LogP contribution in [0.1, 0.15) is 22.8 Å². The van der Waals surface area contributed by atoms with Crippen molar-refractivity contribution in [3.63, 3.8) is 0 Å². The number of carbonyl (C=O) groups is 1. The number of anilines is 2. The maximum atomic E-state index is 13.1. The number of hydrogen-bond acceptors (Lipinski definition) is 6. The molecule has 0 saturated carbocycles. The first-order valence-corrected chi connectivity index (χ1v) is 13.2. The minimum Gasteiger partial charge on any atom is -0.496 e. The molecule has 35 heavy (non-hydrogen) atoms. The lowest BCUT2D eigenvalue weighted by molar-refractivity contribution is 0.102. The van der Waals surface area contributed by atoms with Crippen molar-refractivity contribution in [2.45, 2.75) is 18.7 Å². The number of methoxy groups -OCH3 is 1. The number of para-hydroxylation sites is 1. The van der Waals surface area contributed by atoms with Crippen LogP contribution in [0, 0.1) is 6.92 Å². The van der Waals surface area contributed by atoms with Crippen molar-refractivity contribution in [1.29, 1.82) is 0 Å². The molecule has 9 heteroatoms. The zero-order valence-corrected chi connectivity index (χ0v) is 21.2. The summed E-state index contributed by atoms with van der Waals surface area (Å²) in [4.78, 5) is 17.4. The van der Waals surface area contributed by atoms with Crippen molar-refractivity contribution in [3.05, 3.63) is 89.3 Å². The molecule has 4 aromatic rings. The SMILES string of the molecule is CCN(c1ccccc1)S(=O)(=O)c1ccc(C(=O)Nc2nc(-c3ccc(OC)c(C)c3)cs2)cc1. The number of benzene rings is 3. The molecule has 1 heterocycles. The number of sulfonamides is 1. The first kappa shape index (κ1) is 24.4. The predicted octanol–water partition coefficient (Wildman–Crippen LogP) is 5.59. The van der Waals surface area contributed by atoms with Crippen LogP contribution < -0.4 is 14.4 Å². The molecule has 1 aromatic heterocycles. The van der Waals surface area contributed by atoms with E-state index in [0.29, 0.717) is 16.4 Å². The van der Waals surface area contributed by atoms with Crippen LogP contribution in [0.15, 0.2) is 83.1 Å². The van der Waals surface area contributed by atoms with E-state index in [-0.39, 0.29) is 17.3 Å². The summed E-state index contributed by atoms with van der Waals surface area (Å²) in [7, 11) is -2.13. The van der Waals surface area contributed by atoms with E-state index in [1.165, 1.54) is 39.9 Å². The standard InChI is InChI=1S/C26H25N3O4S2/c1-4-29(21-8-6-5-7-9-21)35(31,32)22-13-10-19(11-14-22)25(30)28-26-27-23(17-34-26)20-12-15-24(33-3)18(2)16-20/h5-17H,4H2,1-3H3,(H,27,28,30). The second-order valence-corrected chi connectivity index (χ2v) is 10.4. The number of hydrogen-bond donors (Lipinski definition) is 1. The normalized spacial score (nSPS) is 11.2. The molecule has 4 rings (SSSR count). The van der Waals surface area contributed by atoms with Crippen LogP contribution in [0.3, 0.4) is 0 Å². The van der Waals surface area contributed by atoms with Crippen molar-refractivity contribution in [2.24, 2.45) is 0 Å². The molecular formula is C26H25N3O4S2. The molecule has 0 aliphatic rings. The minimum atomic E-state index is -3.76. The number of nitrogens with zero attached hydrogens (tertiary/aromatic N) is 2. The fourth-order valence-corrected chi connectivity index (χ4v) is 5.85. The Morgan fingerprint density at radius 3 is 2.40 bits per heavy atom. The van der Waals surface area contributed by atoms with Gasteiger partial charge in [0.05, 0.1) is 23.4 Å². The van der Waals surface area contributed by atoms with Crippen LogP contribution in [0.4, 0.5) is 10.8 Å². The fraction of sp³-hybridized carbons (Fsp3) is 0.154. The van der Waals surface area contributed by atoms with Crippen molar-refractivity contribution in [1.82, 2.24) is 4.98 Å². The van der Waals surface area contributed by atoms with Crippen molar-refractivity contribution in [3.8, 4) is 17.0 Å². The molecule has 1 N–H and O–H groups in total. The molecule has 0 aliphatic carbocycles. The second kappa shape index (κ2) is 10.3. The van der Waals surface area contributed by atoms with Crippen molar-refractivity contribution < 1.29 is 17.9 Å². The highest BCUT2D eigenvalue weighted by molar-refractivity contribution is 7.92. The Labute approximate surface area is 209 Å². The molecule has 3 aromatic carbocycles. The number of rotatable bonds is 8. The van der Waals surface area contributed by atoms with E-state index in [1.807, 2.05) is 36.6 Å². The van der Waals surface area contributed by atoms with Crippen LogP contribution in [0.5, 0.6) is 5.75 Å². The highest BCUT2D eigenvalue weighted by Gasteiger charge is 2.23. The molecule has 0 atom stereocenters. The molecule has 0 saturated heterocycles. The predicted molar refractivity (Wildman–Crippen MR) is 140 cm³/mol. The Morgan fingerprint density at radius 1 is 1.06 bits per heavy atom. The smallest absolute Gasteiger partial charge is 0.264 e. The van der Waals surface area contributed by atoms with E-state index in [0.717, 1.165) is 22.6 Å². The first-order chi connectivity index (χ1) is 16.8. The Hall–Kier alpha value is -3.69. The topological polar surface area (TPSA) is 88.6 Å². The van der Waals surface area contributed by atoms with Gasteiger partial charge in [-0.15, -0.1) is 11.3 Å². The third-order valence-corrected chi connectivity index (χ3v) is 8.13. The molecule has 1 amide bonds. The average Bonchev–Trinajstić information content (AvgIpc) is 3.33. The van der Waals surface area contributed by atoms with Gasteiger partial charge in [0.1, 0.15) is 5.75 Å². The summed E-state index contributed by atoms with van der Waals surface area (Å²) < 4.78 is 32.9. The van der Waals surface area contributed by atoms with E-state index in [2.05, 4.69) is 10.3 Å². The van der Waals surface area contributed by atoms with Gasteiger partial charge in [-0.25, -0.2) is 13.4 Å². The lowest BCUT2D eigenvalue weighted by Gasteiger charge is -2.22. The quantitative estimate of drug-likeness (QED) is 0.336. The molecular weight excluding hydrogens is 482 g/mol. The summed E-state index contributed by atoms with van der Waals surface area (Å²) in [6.45, 7) is 4.03. The van der Waals surface area contributed by atoms with Gasteiger partial charge in [0.2, 0.25) is 0 Å². The Balaban J connectivity index is 1.48. The molecule has 7 nitrogen and oxygen atoms in total. The van der Waals surface area contributed by atoms with E-state index in [9.17, 15) is 13.2 Å². The highest BCUT2D eigenvalue weighted by Crippen LogP contribution is 2.29. The molecule has 0 radical (unpaired) electrons. The van der Waals surface area contributed by atoms with E-state index in [1.54, 1.807) is 38.3 Å². The third-order valence-electron chi connectivity index (χ3n) is 5.45. The number of carbonyl (C=O) groups excluding carboxylic acids is 1. The Morgan fingerprint density at radius 2 is 1.77 bits per heavy atom. The van der Waals surface area contributed by atoms with Gasteiger partial charge >= 0.3 is 0 Å². The van der Waals surface area contributed by atoms with Crippen LogP contribution in [-0.2, 0) is 10.0 Å². The minimum absolute atomic E-state index is 0.117.